The molecule has 1 amide bonds. The van der Waals surface area contributed by atoms with Crippen LogP contribution in [0.3, 0.4) is 0 Å². The molecule has 1 aromatic heterocycles. The van der Waals surface area contributed by atoms with Crippen molar-refractivity contribution in [2.45, 2.75) is 43.3 Å². The quantitative estimate of drug-likeness (QED) is 0.741. The van der Waals surface area contributed by atoms with E-state index in [1.807, 2.05) is 0 Å². The van der Waals surface area contributed by atoms with E-state index in [-0.39, 0.29) is 4.90 Å². The van der Waals surface area contributed by atoms with E-state index >= 15 is 0 Å². The Morgan fingerprint density at radius 3 is 2.50 bits per heavy atom. The smallest absolute Gasteiger partial charge is 0.324 e. The molecule has 0 unspecified atom stereocenters. The van der Waals surface area contributed by atoms with E-state index in [0.717, 1.165) is 36.2 Å². The highest BCUT2D eigenvalue weighted by Gasteiger charge is 2.33. The van der Waals surface area contributed by atoms with Crippen LogP contribution in [0, 0.1) is 0 Å². The number of hydrogen-bond acceptors (Lipinski definition) is 5. The van der Waals surface area contributed by atoms with E-state index in [0.29, 0.717) is 24.5 Å². The zero-order valence-electron chi connectivity index (χ0n) is 15.8. The number of benzene rings is 1. The molecule has 0 saturated heterocycles. The highest BCUT2D eigenvalue weighted by atomic mass is 32.2. The predicted octanol–water partition coefficient (Wildman–Crippen LogP) is 2.79. The molecule has 0 fully saturated rings. The average Bonchev–Trinajstić information content (AvgIpc) is 2.99. The molecule has 0 bridgehead atoms. The van der Waals surface area contributed by atoms with Crippen molar-refractivity contribution in [3.05, 3.63) is 42.2 Å². The van der Waals surface area contributed by atoms with E-state index in [4.69, 9.17) is 0 Å². The minimum Gasteiger partial charge on any atom is -0.324 e. The summed E-state index contributed by atoms with van der Waals surface area (Å²) in [6.07, 6.45) is -0.169. The first kappa shape index (κ1) is 21.8. The Hall–Kier alpha value is -2.89. The van der Waals surface area contributed by atoms with Gasteiger partial charge in [-0.25, -0.2) is 8.42 Å². The molecule has 2 aromatic rings. The highest BCUT2D eigenvalue weighted by Crippen LogP contribution is 2.27. The van der Waals surface area contributed by atoms with Crippen molar-refractivity contribution in [1.29, 1.82) is 0 Å². The second kappa shape index (κ2) is 8.86. The van der Waals surface area contributed by atoms with Crippen molar-refractivity contribution in [1.82, 2.24) is 14.5 Å². The molecule has 162 valence electrons. The van der Waals surface area contributed by atoms with Gasteiger partial charge in [0.05, 0.1) is 4.90 Å². The number of aliphatic imine (C=N–C) groups is 1. The third kappa shape index (κ3) is 5.81. The van der Waals surface area contributed by atoms with Crippen molar-refractivity contribution in [2.75, 3.05) is 11.9 Å². The van der Waals surface area contributed by atoms with Gasteiger partial charge in [0.1, 0.15) is 12.4 Å². The number of alkyl halides is 3. The second-order valence-electron chi connectivity index (χ2n) is 6.71. The van der Waals surface area contributed by atoms with Gasteiger partial charge in [-0.05, 0) is 43.2 Å². The third-order valence-corrected chi connectivity index (χ3v) is 5.71. The van der Waals surface area contributed by atoms with Gasteiger partial charge in [-0.2, -0.15) is 18.3 Å². The van der Waals surface area contributed by atoms with Gasteiger partial charge in [-0.1, -0.05) is 6.42 Å². The summed E-state index contributed by atoms with van der Waals surface area (Å²) in [7, 11) is -3.80. The maximum Gasteiger partial charge on any atom is 0.435 e. The number of aromatic nitrogens is 2. The molecule has 0 aliphatic carbocycles. The first-order valence-corrected chi connectivity index (χ1v) is 10.7. The summed E-state index contributed by atoms with van der Waals surface area (Å²) in [6, 6.07) is 6.21. The Balaban J connectivity index is 1.60. The molecule has 12 heteroatoms. The zero-order chi connectivity index (χ0) is 21.8. The molecule has 0 atom stereocenters. The van der Waals surface area contributed by atoms with Crippen LogP contribution in [0.15, 0.2) is 46.4 Å². The lowest BCUT2D eigenvalue weighted by Crippen LogP contribution is -2.30. The number of hydrogen-bond donors (Lipinski definition) is 2. The van der Waals surface area contributed by atoms with Crippen LogP contribution in [-0.4, -0.2) is 36.5 Å². The van der Waals surface area contributed by atoms with Crippen LogP contribution in [0.2, 0.25) is 0 Å². The number of amides is 1. The molecular weight excluding hydrogens is 423 g/mol. The number of amidine groups is 1. The van der Waals surface area contributed by atoms with E-state index in [2.05, 4.69) is 20.1 Å². The number of anilines is 1. The van der Waals surface area contributed by atoms with Gasteiger partial charge >= 0.3 is 6.18 Å². The fourth-order valence-electron chi connectivity index (χ4n) is 2.84. The fraction of sp³-hybridized carbons (Fsp3) is 0.389. The molecule has 0 radical (unpaired) electrons. The summed E-state index contributed by atoms with van der Waals surface area (Å²) < 4.78 is 66.0. The van der Waals surface area contributed by atoms with Gasteiger partial charge in [0.25, 0.3) is 10.0 Å². The summed E-state index contributed by atoms with van der Waals surface area (Å²) in [5, 5.41) is 5.79. The van der Waals surface area contributed by atoms with Crippen molar-refractivity contribution >= 4 is 27.5 Å². The first-order chi connectivity index (χ1) is 14.1. The monoisotopic (exact) mass is 443 g/mol. The zero-order valence-corrected chi connectivity index (χ0v) is 16.6. The molecule has 30 heavy (non-hydrogen) atoms. The van der Waals surface area contributed by atoms with Crippen molar-refractivity contribution in [3.8, 4) is 0 Å². The van der Waals surface area contributed by atoms with Crippen molar-refractivity contribution in [3.63, 3.8) is 0 Å². The van der Waals surface area contributed by atoms with E-state index in [1.54, 1.807) is 0 Å². The van der Waals surface area contributed by atoms with Gasteiger partial charge in [-0.3, -0.25) is 19.2 Å². The van der Waals surface area contributed by atoms with Gasteiger partial charge in [0.2, 0.25) is 5.91 Å². The molecule has 1 aliphatic heterocycles. The molecule has 3 rings (SSSR count). The van der Waals surface area contributed by atoms with Crippen LogP contribution in [-0.2, 0) is 27.5 Å². The summed E-state index contributed by atoms with van der Waals surface area (Å²) in [5.74, 6) is -0.171. The number of carbonyl (C=O) groups is 1. The van der Waals surface area contributed by atoms with Gasteiger partial charge in [0.15, 0.2) is 5.69 Å². The Kier molecular flexibility index (Phi) is 6.44. The Morgan fingerprint density at radius 2 is 1.83 bits per heavy atom. The molecule has 0 saturated carbocycles. The lowest BCUT2D eigenvalue weighted by atomic mass is 10.2. The van der Waals surface area contributed by atoms with Crippen LogP contribution < -0.4 is 10.0 Å². The molecule has 1 aromatic carbocycles. The van der Waals surface area contributed by atoms with E-state index in [1.165, 1.54) is 24.3 Å². The maximum atomic E-state index is 12.5. The highest BCUT2D eigenvalue weighted by molar-refractivity contribution is 7.90. The average molecular weight is 443 g/mol. The normalized spacial score (nSPS) is 15.2. The number of rotatable bonds is 5. The number of halogens is 3. The summed E-state index contributed by atoms with van der Waals surface area (Å²) in [6.45, 7) is 0.168. The second-order valence-corrected chi connectivity index (χ2v) is 8.40. The third-order valence-electron chi connectivity index (χ3n) is 4.31. The molecular formula is C18H20F3N5O3S. The topological polar surface area (TPSA) is 105 Å². The van der Waals surface area contributed by atoms with Crippen LogP contribution in [0.5, 0.6) is 0 Å². The van der Waals surface area contributed by atoms with Gasteiger partial charge < -0.3 is 5.32 Å². The summed E-state index contributed by atoms with van der Waals surface area (Å²) in [5.41, 5.74) is -0.787. The van der Waals surface area contributed by atoms with Crippen LogP contribution >= 0.6 is 0 Å². The Labute approximate surface area is 171 Å². The molecule has 0 spiro atoms. The number of carbonyl (C=O) groups excluding carboxylic acids is 1. The number of nitrogens with one attached hydrogen (secondary N) is 2. The summed E-state index contributed by atoms with van der Waals surface area (Å²) >= 11 is 0. The van der Waals surface area contributed by atoms with Crippen molar-refractivity contribution < 1.29 is 26.4 Å². The minimum absolute atomic E-state index is 0.00865. The fourth-order valence-corrected chi connectivity index (χ4v) is 3.93. The van der Waals surface area contributed by atoms with Crippen LogP contribution in [0.25, 0.3) is 0 Å². The molecule has 2 heterocycles. The predicted molar refractivity (Wildman–Crippen MR) is 103 cm³/mol. The standard InChI is InChI=1S/C18H20F3N5O3S/c19-18(20,21)15-9-11-26(24-15)12-17(27)23-13-5-7-14(8-6-13)30(28,29)25-16-4-2-1-3-10-22-16/h5-9,11H,1-4,10,12H2,(H,22,25)(H,23,27). The minimum atomic E-state index is -4.58. The maximum absolute atomic E-state index is 12.5. The van der Waals surface area contributed by atoms with E-state index in [9.17, 15) is 26.4 Å². The Bertz CT molecular complexity index is 1030. The molecule has 8 nitrogen and oxygen atoms in total. The summed E-state index contributed by atoms with van der Waals surface area (Å²) in [4.78, 5) is 16.3. The van der Waals surface area contributed by atoms with Gasteiger partial charge in [-0.15, -0.1) is 0 Å². The molecule has 1 aliphatic rings. The van der Waals surface area contributed by atoms with Crippen molar-refractivity contribution in [2.24, 2.45) is 4.99 Å². The first-order valence-electron chi connectivity index (χ1n) is 9.20. The lowest BCUT2D eigenvalue weighted by molar-refractivity contribution is -0.141. The number of nitrogens with zero attached hydrogens (tertiary/aromatic N) is 3. The SMILES string of the molecule is O=C(Cn1ccc(C(F)(F)F)n1)Nc1ccc(S(=O)(=O)NC2=NCCCCC2)cc1. The van der Waals surface area contributed by atoms with Gasteiger partial charge in [0, 0.05) is 24.8 Å². The largest absolute Gasteiger partial charge is 0.435 e. The van der Waals surface area contributed by atoms with Crippen LogP contribution in [0.1, 0.15) is 31.4 Å². The number of sulfonamides is 1. The molecule has 2 N–H and O–H groups in total. The lowest BCUT2D eigenvalue weighted by Gasteiger charge is -2.11. The Morgan fingerprint density at radius 1 is 1.10 bits per heavy atom. The van der Waals surface area contributed by atoms with E-state index < -0.39 is 34.3 Å². The van der Waals surface area contributed by atoms with Crippen LogP contribution in [0.4, 0.5) is 18.9 Å².